The number of nitrogens with zero attached hydrogens (tertiary/aromatic N) is 3. The Bertz CT molecular complexity index is 404. The van der Waals surface area contributed by atoms with E-state index in [-0.39, 0.29) is 6.03 Å². The molecule has 6 nitrogen and oxygen atoms in total. The number of rotatable bonds is 4. The summed E-state index contributed by atoms with van der Waals surface area (Å²) in [7, 11) is 3.97. The van der Waals surface area contributed by atoms with E-state index in [1.165, 1.54) is 32.7 Å². The predicted octanol–water partition coefficient (Wildman–Crippen LogP) is 1.22. The molecule has 0 spiro atoms. The molecule has 1 saturated carbocycles. The lowest BCUT2D eigenvalue weighted by atomic mass is 9.96. The molecule has 2 amide bonds. The van der Waals surface area contributed by atoms with Crippen LogP contribution in [0.15, 0.2) is 0 Å². The van der Waals surface area contributed by atoms with Gasteiger partial charge in [-0.25, -0.2) is 4.79 Å². The number of likely N-dealkylation sites (tertiary alicyclic amines) is 1. The van der Waals surface area contributed by atoms with Crippen LogP contribution in [0.5, 0.6) is 0 Å². The van der Waals surface area contributed by atoms with Crippen LogP contribution < -0.4 is 5.32 Å². The third-order valence-corrected chi connectivity index (χ3v) is 6.06. The maximum absolute atomic E-state index is 12.4. The smallest absolute Gasteiger partial charge is 0.317 e. The average Bonchev–Trinajstić information content (AvgIpc) is 3.05. The lowest BCUT2D eigenvalue weighted by Crippen LogP contribution is -2.50. The summed E-state index contributed by atoms with van der Waals surface area (Å²) >= 11 is 0. The highest BCUT2D eigenvalue weighted by Gasteiger charge is 2.29. The maximum atomic E-state index is 12.4. The zero-order valence-electron chi connectivity index (χ0n) is 15.4. The van der Waals surface area contributed by atoms with Crippen LogP contribution in [0.3, 0.4) is 0 Å². The molecule has 2 heterocycles. The topological polar surface area (TPSA) is 48.1 Å². The number of hydrogen-bond donors (Lipinski definition) is 1. The van der Waals surface area contributed by atoms with Gasteiger partial charge in [-0.2, -0.15) is 0 Å². The lowest BCUT2D eigenvalue weighted by molar-refractivity contribution is 0.104. The quantitative estimate of drug-likeness (QED) is 0.837. The van der Waals surface area contributed by atoms with Crippen molar-refractivity contribution in [3.05, 3.63) is 0 Å². The molecule has 24 heavy (non-hydrogen) atoms. The fraction of sp³-hybridized carbons (Fsp3) is 0.944. The molecule has 3 aliphatic rings. The number of nitrogens with one attached hydrogen (secondary N) is 1. The number of piperazine rings is 1. The average molecular weight is 338 g/mol. The van der Waals surface area contributed by atoms with Crippen LogP contribution in [0.4, 0.5) is 4.79 Å². The summed E-state index contributed by atoms with van der Waals surface area (Å²) in [5, 5.41) is 3.21. The Labute approximate surface area is 146 Å². The number of piperidine rings is 1. The largest absolute Gasteiger partial charge is 0.381 e. The Hall–Kier alpha value is -0.850. The number of carbonyl (C=O) groups excluding carboxylic acids is 1. The second-order valence-corrected chi connectivity index (χ2v) is 7.85. The molecule has 0 radical (unpaired) electrons. The van der Waals surface area contributed by atoms with Gasteiger partial charge in [-0.15, -0.1) is 0 Å². The molecule has 6 heteroatoms. The van der Waals surface area contributed by atoms with Crippen LogP contribution in [0.2, 0.25) is 0 Å². The molecule has 0 bridgehead atoms. The van der Waals surface area contributed by atoms with Crippen molar-refractivity contribution >= 4 is 6.03 Å². The van der Waals surface area contributed by atoms with Crippen LogP contribution in [0.1, 0.15) is 32.1 Å². The zero-order valence-corrected chi connectivity index (χ0v) is 15.4. The molecule has 0 aromatic heterocycles. The van der Waals surface area contributed by atoms with E-state index in [1.807, 2.05) is 4.90 Å². The number of likely N-dealkylation sites (N-methyl/N-ethyl adjacent to an activating group) is 1. The van der Waals surface area contributed by atoms with Crippen molar-refractivity contribution in [2.75, 3.05) is 60.0 Å². The molecule has 0 aromatic rings. The molecular weight excluding hydrogens is 304 g/mol. The third kappa shape index (κ3) is 4.83. The van der Waals surface area contributed by atoms with E-state index in [2.05, 4.69) is 22.2 Å². The summed E-state index contributed by atoms with van der Waals surface area (Å²) in [6, 6.07) is 0.431. The first kappa shape index (κ1) is 18.0. The van der Waals surface area contributed by atoms with Crippen molar-refractivity contribution in [2.24, 2.45) is 5.92 Å². The molecule has 2 atom stereocenters. The van der Waals surface area contributed by atoms with Crippen molar-refractivity contribution in [1.29, 1.82) is 0 Å². The molecule has 1 N–H and O–H groups in total. The molecule has 2 saturated heterocycles. The van der Waals surface area contributed by atoms with Gasteiger partial charge < -0.3 is 24.8 Å². The van der Waals surface area contributed by atoms with E-state index in [1.54, 1.807) is 7.11 Å². The van der Waals surface area contributed by atoms with Crippen LogP contribution in [0.25, 0.3) is 0 Å². The molecule has 3 rings (SSSR count). The maximum Gasteiger partial charge on any atom is 0.317 e. The van der Waals surface area contributed by atoms with Gasteiger partial charge in [0.25, 0.3) is 0 Å². The first-order chi connectivity index (χ1) is 11.6. The summed E-state index contributed by atoms with van der Waals surface area (Å²) in [5.74, 6) is 0.752. The van der Waals surface area contributed by atoms with E-state index in [4.69, 9.17) is 4.74 Å². The normalized spacial score (nSPS) is 30.7. The Morgan fingerprint density at radius 3 is 2.38 bits per heavy atom. The summed E-state index contributed by atoms with van der Waals surface area (Å²) < 4.78 is 5.39. The second kappa shape index (κ2) is 8.50. The molecule has 0 aromatic carbocycles. The van der Waals surface area contributed by atoms with E-state index >= 15 is 0 Å². The molecule has 1 aliphatic carbocycles. The van der Waals surface area contributed by atoms with Gasteiger partial charge in [0, 0.05) is 59.0 Å². The molecular formula is C18H34N4O2. The number of amides is 2. The number of carbonyl (C=O) groups is 1. The third-order valence-electron chi connectivity index (χ3n) is 6.06. The van der Waals surface area contributed by atoms with Gasteiger partial charge in [-0.3, -0.25) is 0 Å². The Balaban J connectivity index is 1.35. The van der Waals surface area contributed by atoms with Gasteiger partial charge in [-0.1, -0.05) is 0 Å². The highest BCUT2D eigenvalue weighted by atomic mass is 16.5. The van der Waals surface area contributed by atoms with Crippen LogP contribution in [0, 0.1) is 5.92 Å². The fourth-order valence-corrected chi connectivity index (χ4v) is 4.27. The number of ether oxygens (including phenoxy) is 1. The highest BCUT2D eigenvalue weighted by molar-refractivity contribution is 5.74. The standard InChI is InChI=1S/C18H34N4O2/c1-20-9-11-21(12-10-20)14-15-5-7-22(8-6-15)18(23)19-16-3-4-17(13-16)24-2/h15-17H,3-14H2,1-2H3,(H,19,23)/t16-,17-/m1/s1. The van der Waals surface area contributed by atoms with Gasteiger partial charge in [0.1, 0.15) is 0 Å². The first-order valence-electron chi connectivity index (χ1n) is 9.63. The van der Waals surface area contributed by atoms with Crippen LogP contribution in [-0.4, -0.2) is 92.8 Å². The lowest BCUT2D eigenvalue weighted by Gasteiger charge is -2.38. The highest BCUT2D eigenvalue weighted by Crippen LogP contribution is 2.23. The molecule has 0 unspecified atom stereocenters. The minimum atomic E-state index is 0.134. The molecule has 138 valence electrons. The summed E-state index contributed by atoms with van der Waals surface area (Å²) in [6.07, 6.45) is 5.68. The van der Waals surface area contributed by atoms with Crippen molar-refractivity contribution in [1.82, 2.24) is 20.0 Å². The number of urea groups is 1. The van der Waals surface area contributed by atoms with Crippen molar-refractivity contribution in [3.8, 4) is 0 Å². The van der Waals surface area contributed by atoms with Gasteiger partial charge in [-0.05, 0) is 45.1 Å². The van der Waals surface area contributed by atoms with Gasteiger partial charge in [0.2, 0.25) is 0 Å². The summed E-state index contributed by atoms with van der Waals surface area (Å²) in [4.78, 5) is 19.5. The van der Waals surface area contributed by atoms with Crippen LogP contribution in [-0.2, 0) is 4.74 Å². The van der Waals surface area contributed by atoms with Gasteiger partial charge in [0.05, 0.1) is 6.10 Å². The number of hydrogen-bond acceptors (Lipinski definition) is 4. The number of methoxy groups -OCH3 is 1. The monoisotopic (exact) mass is 338 g/mol. The Kier molecular flexibility index (Phi) is 6.36. The van der Waals surface area contributed by atoms with Crippen molar-refractivity contribution < 1.29 is 9.53 Å². The van der Waals surface area contributed by atoms with Crippen molar-refractivity contribution in [2.45, 2.75) is 44.2 Å². The van der Waals surface area contributed by atoms with E-state index in [9.17, 15) is 4.79 Å². The molecule has 2 aliphatic heterocycles. The Morgan fingerprint density at radius 2 is 1.75 bits per heavy atom. The minimum Gasteiger partial charge on any atom is -0.381 e. The minimum absolute atomic E-state index is 0.134. The van der Waals surface area contributed by atoms with E-state index in [0.717, 1.165) is 51.1 Å². The molecule has 3 fully saturated rings. The van der Waals surface area contributed by atoms with E-state index < -0.39 is 0 Å². The van der Waals surface area contributed by atoms with E-state index in [0.29, 0.717) is 12.1 Å². The predicted molar refractivity (Wildman–Crippen MR) is 95.2 cm³/mol. The second-order valence-electron chi connectivity index (χ2n) is 7.85. The SMILES string of the molecule is CO[C@@H]1CC[C@@H](NC(=O)N2CCC(CN3CCN(C)CC3)CC2)C1. The van der Waals surface area contributed by atoms with Gasteiger partial charge in [0.15, 0.2) is 0 Å². The zero-order chi connectivity index (χ0) is 16.9. The summed E-state index contributed by atoms with van der Waals surface area (Å²) in [6.45, 7) is 7.78. The Morgan fingerprint density at radius 1 is 1.04 bits per heavy atom. The van der Waals surface area contributed by atoms with Crippen LogP contribution >= 0.6 is 0 Å². The first-order valence-corrected chi connectivity index (χ1v) is 9.63. The fourth-order valence-electron chi connectivity index (χ4n) is 4.27. The summed E-state index contributed by atoms with van der Waals surface area (Å²) in [5.41, 5.74) is 0. The van der Waals surface area contributed by atoms with Gasteiger partial charge >= 0.3 is 6.03 Å². The van der Waals surface area contributed by atoms with Crippen molar-refractivity contribution in [3.63, 3.8) is 0 Å².